The first-order valence-electron chi connectivity index (χ1n) is 7.64. The lowest BCUT2D eigenvalue weighted by atomic mass is 9.76. The lowest BCUT2D eigenvalue weighted by molar-refractivity contribution is 0.318. The van der Waals surface area contributed by atoms with Gasteiger partial charge in [0.05, 0.1) is 13.2 Å². The van der Waals surface area contributed by atoms with E-state index in [4.69, 9.17) is 4.74 Å². The average molecular weight is 270 g/mol. The number of nitriles is 1. The summed E-state index contributed by atoms with van der Waals surface area (Å²) in [7, 11) is 1.68. The normalized spacial score (nSPS) is 26.0. The first kappa shape index (κ1) is 13.5. The maximum absolute atomic E-state index is 9.86. The Morgan fingerprint density at radius 2 is 2.10 bits per heavy atom. The highest BCUT2D eigenvalue weighted by Crippen LogP contribution is 2.38. The van der Waals surface area contributed by atoms with Gasteiger partial charge in [0.25, 0.3) is 0 Å². The van der Waals surface area contributed by atoms with Crippen LogP contribution in [0.15, 0.2) is 18.2 Å². The van der Waals surface area contributed by atoms with Gasteiger partial charge in [-0.25, -0.2) is 0 Å². The molecular weight excluding hydrogens is 248 g/mol. The molecule has 3 nitrogen and oxygen atoms in total. The number of ether oxygens (including phenoxy) is 1. The van der Waals surface area contributed by atoms with Crippen LogP contribution >= 0.6 is 0 Å². The molecule has 1 aromatic rings. The smallest absolute Gasteiger partial charge is 0.132 e. The summed E-state index contributed by atoms with van der Waals surface area (Å²) in [6.45, 7) is 0. The van der Waals surface area contributed by atoms with Gasteiger partial charge in [-0.1, -0.05) is 18.9 Å². The fourth-order valence-corrected chi connectivity index (χ4v) is 3.69. The van der Waals surface area contributed by atoms with Gasteiger partial charge in [0.2, 0.25) is 0 Å². The predicted octanol–water partition coefficient (Wildman–Crippen LogP) is 3.28. The van der Waals surface area contributed by atoms with Crippen molar-refractivity contribution in [2.75, 3.05) is 7.11 Å². The van der Waals surface area contributed by atoms with Crippen LogP contribution in [-0.2, 0) is 12.0 Å². The standard InChI is InChI=1S/C17H22N2O/c1-20-15-9-8-13-5-4-10-17(12-18,16(13)11-15)19-14-6-2-3-7-14/h8-9,11,14,19H,2-7,10H2,1H3. The maximum atomic E-state index is 9.86. The van der Waals surface area contributed by atoms with Crippen molar-refractivity contribution in [2.45, 2.75) is 56.5 Å². The summed E-state index contributed by atoms with van der Waals surface area (Å²) in [5.74, 6) is 0.846. The molecule has 0 spiro atoms. The first-order valence-corrected chi connectivity index (χ1v) is 7.64. The second-order valence-electron chi connectivity index (χ2n) is 6.02. The fourth-order valence-electron chi connectivity index (χ4n) is 3.69. The zero-order valence-electron chi connectivity index (χ0n) is 12.1. The van der Waals surface area contributed by atoms with Crippen molar-refractivity contribution >= 4 is 0 Å². The molecule has 1 saturated carbocycles. The van der Waals surface area contributed by atoms with E-state index in [1.807, 2.05) is 6.07 Å². The van der Waals surface area contributed by atoms with Crippen LogP contribution in [0.3, 0.4) is 0 Å². The van der Waals surface area contributed by atoms with E-state index in [0.29, 0.717) is 6.04 Å². The number of rotatable bonds is 3. The van der Waals surface area contributed by atoms with Crippen molar-refractivity contribution in [1.82, 2.24) is 5.32 Å². The number of hydrogen-bond donors (Lipinski definition) is 1. The van der Waals surface area contributed by atoms with E-state index in [1.165, 1.54) is 31.2 Å². The van der Waals surface area contributed by atoms with Crippen molar-refractivity contribution in [1.29, 1.82) is 5.26 Å². The molecule has 106 valence electrons. The second kappa shape index (κ2) is 5.46. The van der Waals surface area contributed by atoms with Crippen LogP contribution in [0.25, 0.3) is 0 Å². The summed E-state index contributed by atoms with van der Waals surface area (Å²) in [4.78, 5) is 0. The molecule has 2 aliphatic carbocycles. The summed E-state index contributed by atoms with van der Waals surface area (Å²) in [5.41, 5.74) is 1.92. The number of nitrogens with zero attached hydrogens (tertiary/aromatic N) is 1. The summed E-state index contributed by atoms with van der Waals surface area (Å²) in [6, 6.07) is 9.26. The van der Waals surface area contributed by atoms with E-state index in [0.717, 1.165) is 30.6 Å². The van der Waals surface area contributed by atoms with Crippen LogP contribution in [0.4, 0.5) is 0 Å². The molecule has 0 radical (unpaired) electrons. The Balaban J connectivity index is 1.98. The molecular formula is C17H22N2O. The van der Waals surface area contributed by atoms with Crippen molar-refractivity contribution in [3.8, 4) is 11.8 Å². The Labute approximate surface area is 120 Å². The topological polar surface area (TPSA) is 45.0 Å². The largest absolute Gasteiger partial charge is 0.497 e. The quantitative estimate of drug-likeness (QED) is 0.916. The van der Waals surface area contributed by atoms with Gasteiger partial charge in [-0.15, -0.1) is 0 Å². The van der Waals surface area contributed by atoms with E-state index in [1.54, 1.807) is 7.11 Å². The van der Waals surface area contributed by atoms with Gasteiger partial charge < -0.3 is 4.74 Å². The number of fused-ring (bicyclic) bond motifs is 1. The highest BCUT2D eigenvalue weighted by molar-refractivity contribution is 5.45. The van der Waals surface area contributed by atoms with E-state index in [-0.39, 0.29) is 0 Å². The second-order valence-corrected chi connectivity index (χ2v) is 6.02. The molecule has 0 heterocycles. The molecule has 1 fully saturated rings. The lowest BCUT2D eigenvalue weighted by Crippen LogP contribution is -2.48. The highest BCUT2D eigenvalue weighted by atomic mass is 16.5. The van der Waals surface area contributed by atoms with Gasteiger partial charge in [0.1, 0.15) is 11.3 Å². The Morgan fingerprint density at radius 1 is 1.30 bits per heavy atom. The highest BCUT2D eigenvalue weighted by Gasteiger charge is 2.39. The zero-order valence-corrected chi connectivity index (χ0v) is 12.1. The Kier molecular flexibility index (Phi) is 3.67. The van der Waals surface area contributed by atoms with Crippen molar-refractivity contribution in [3.63, 3.8) is 0 Å². The van der Waals surface area contributed by atoms with Gasteiger partial charge in [-0.05, 0) is 55.4 Å². The summed E-state index contributed by atoms with van der Waals surface area (Å²) >= 11 is 0. The molecule has 0 amide bonds. The van der Waals surface area contributed by atoms with Crippen molar-refractivity contribution in [2.24, 2.45) is 0 Å². The van der Waals surface area contributed by atoms with Crippen molar-refractivity contribution < 1.29 is 4.74 Å². The molecule has 1 N–H and O–H groups in total. The molecule has 2 aliphatic rings. The van der Waals surface area contributed by atoms with Gasteiger partial charge in [0.15, 0.2) is 0 Å². The summed E-state index contributed by atoms with van der Waals surface area (Å²) in [6.07, 6.45) is 8.00. The zero-order chi connectivity index (χ0) is 14.0. The Morgan fingerprint density at radius 3 is 2.80 bits per heavy atom. The number of benzene rings is 1. The third-order valence-electron chi connectivity index (χ3n) is 4.77. The van der Waals surface area contributed by atoms with E-state index < -0.39 is 5.54 Å². The minimum Gasteiger partial charge on any atom is -0.497 e. The first-order chi connectivity index (χ1) is 9.77. The molecule has 0 bridgehead atoms. The molecule has 20 heavy (non-hydrogen) atoms. The van der Waals surface area contributed by atoms with Crippen LogP contribution in [0.1, 0.15) is 49.7 Å². The summed E-state index contributed by atoms with van der Waals surface area (Å²) in [5, 5.41) is 13.5. The van der Waals surface area contributed by atoms with E-state index in [9.17, 15) is 5.26 Å². The van der Waals surface area contributed by atoms with Crippen LogP contribution < -0.4 is 10.1 Å². The Hall–Kier alpha value is -1.53. The summed E-state index contributed by atoms with van der Waals surface area (Å²) < 4.78 is 5.35. The number of methoxy groups -OCH3 is 1. The van der Waals surface area contributed by atoms with Crippen LogP contribution in [0.2, 0.25) is 0 Å². The SMILES string of the molecule is COc1ccc2c(c1)C(C#N)(NC1CCCC1)CCC2. The predicted molar refractivity (Wildman–Crippen MR) is 78.6 cm³/mol. The lowest BCUT2D eigenvalue weighted by Gasteiger charge is -2.36. The molecule has 0 aliphatic heterocycles. The molecule has 1 unspecified atom stereocenters. The molecule has 0 aromatic heterocycles. The van der Waals surface area contributed by atoms with E-state index in [2.05, 4.69) is 23.5 Å². The van der Waals surface area contributed by atoms with Gasteiger partial charge in [-0.2, -0.15) is 5.26 Å². The number of hydrogen-bond acceptors (Lipinski definition) is 3. The molecule has 3 rings (SSSR count). The minimum atomic E-state index is -0.517. The molecule has 0 saturated heterocycles. The fraction of sp³-hybridized carbons (Fsp3) is 0.588. The van der Waals surface area contributed by atoms with Gasteiger partial charge in [0, 0.05) is 6.04 Å². The number of aryl methyl sites for hydroxylation is 1. The number of nitrogens with one attached hydrogen (secondary N) is 1. The Bertz CT molecular complexity index is 528. The van der Waals surface area contributed by atoms with Gasteiger partial charge in [-0.3, -0.25) is 5.32 Å². The molecule has 1 aromatic carbocycles. The van der Waals surface area contributed by atoms with Crippen LogP contribution in [0.5, 0.6) is 5.75 Å². The third kappa shape index (κ3) is 2.29. The molecule has 1 atom stereocenters. The van der Waals surface area contributed by atoms with Crippen molar-refractivity contribution in [3.05, 3.63) is 29.3 Å². The monoisotopic (exact) mass is 270 g/mol. The molecule has 3 heteroatoms. The third-order valence-corrected chi connectivity index (χ3v) is 4.77. The average Bonchev–Trinajstić information content (AvgIpc) is 3.00. The van der Waals surface area contributed by atoms with Gasteiger partial charge >= 0.3 is 0 Å². The van der Waals surface area contributed by atoms with E-state index >= 15 is 0 Å². The van der Waals surface area contributed by atoms with Crippen LogP contribution in [0, 0.1) is 11.3 Å². The van der Waals surface area contributed by atoms with Crippen LogP contribution in [-0.4, -0.2) is 13.2 Å². The minimum absolute atomic E-state index is 0.492. The maximum Gasteiger partial charge on any atom is 0.132 e.